The number of rotatable bonds is 7. The Morgan fingerprint density at radius 3 is 2.29 bits per heavy atom. The van der Waals surface area contributed by atoms with Crippen molar-refractivity contribution >= 4 is 21.8 Å². The molecule has 0 amide bonds. The van der Waals surface area contributed by atoms with Crippen molar-refractivity contribution < 1.29 is 8.42 Å². The maximum atomic E-state index is 12.1. The lowest BCUT2D eigenvalue weighted by atomic mass is 10.1. The highest BCUT2D eigenvalue weighted by Crippen LogP contribution is 2.26. The second-order valence-corrected chi connectivity index (χ2v) is 7.32. The van der Waals surface area contributed by atoms with E-state index in [9.17, 15) is 8.42 Å². The summed E-state index contributed by atoms with van der Waals surface area (Å²) in [6.07, 6.45) is 5.48. The molecule has 1 fully saturated rings. The van der Waals surface area contributed by atoms with Crippen LogP contribution in [-0.4, -0.2) is 50.1 Å². The first-order chi connectivity index (χ1) is 7.98. The molecule has 0 aromatic carbocycles. The third-order valence-corrected chi connectivity index (χ3v) is 5.56. The van der Waals surface area contributed by atoms with E-state index in [1.807, 2.05) is 0 Å². The fourth-order valence-electron chi connectivity index (χ4n) is 2.29. The van der Waals surface area contributed by atoms with Crippen LogP contribution in [0.5, 0.6) is 0 Å². The van der Waals surface area contributed by atoms with Crippen LogP contribution in [0.3, 0.4) is 0 Å². The van der Waals surface area contributed by atoms with E-state index in [0.717, 1.165) is 12.8 Å². The third kappa shape index (κ3) is 4.39. The van der Waals surface area contributed by atoms with Crippen LogP contribution in [0.25, 0.3) is 0 Å². The lowest BCUT2D eigenvalue weighted by molar-refractivity contribution is 0.350. The summed E-state index contributed by atoms with van der Waals surface area (Å²) in [7, 11) is -0.00112. The molecule has 1 saturated carbocycles. The number of hydrogen-bond donors (Lipinski definition) is 0. The summed E-state index contributed by atoms with van der Waals surface area (Å²) in [6, 6.07) is 0. The van der Waals surface area contributed by atoms with E-state index >= 15 is 0 Å². The fourth-order valence-corrected chi connectivity index (χ4v) is 3.64. The van der Waals surface area contributed by atoms with Gasteiger partial charge in [-0.3, -0.25) is 0 Å². The van der Waals surface area contributed by atoms with Crippen molar-refractivity contribution in [2.75, 3.05) is 33.1 Å². The Morgan fingerprint density at radius 2 is 1.76 bits per heavy atom. The van der Waals surface area contributed by atoms with Crippen LogP contribution in [0, 0.1) is 5.92 Å². The van der Waals surface area contributed by atoms with Gasteiger partial charge in [0.2, 0.25) is 0 Å². The van der Waals surface area contributed by atoms with Crippen LogP contribution < -0.4 is 0 Å². The average Bonchev–Trinajstić information content (AvgIpc) is 2.78. The van der Waals surface area contributed by atoms with E-state index in [4.69, 9.17) is 11.6 Å². The molecule has 0 aromatic rings. The van der Waals surface area contributed by atoms with Crippen molar-refractivity contribution in [1.29, 1.82) is 0 Å². The van der Waals surface area contributed by atoms with Gasteiger partial charge in [-0.2, -0.15) is 17.0 Å². The Hall–Kier alpha value is 0.160. The van der Waals surface area contributed by atoms with Gasteiger partial charge in [-0.15, -0.1) is 11.6 Å². The standard InChI is InChI=1S/C11H23ClN2O2S/c1-13(9-5-8-12)17(15,16)14(2)10-11-6-3-4-7-11/h11H,3-10H2,1-2H3. The van der Waals surface area contributed by atoms with Gasteiger partial charge in [0, 0.05) is 33.1 Å². The molecule has 0 atom stereocenters. The summed E-state index contributed by atoms with van der Waals surface area (Å²) < 4.78 is 27.1. The largest absolute Gasteiger partial charge is 0.281 e. The summed E-state index contributed by atoms with van der Waals surface area (Å²) in [6.45, 7) is 1.13. The highest BCUT2D eigenvalue weighted by Gasteiger charge is 2.26. The van der Waals surface area contributed by atoms with Crippen LogP contribution in [0.2, 0.25) is 0 Å². The third-order valence-electron chi connectivity index (χ3n) is 3.38. The van der Waals surface area contributed by atoms with E-state index in [1.165, 1.54) is 21.5 Å². The fraction of sp³-hybridized carbons (Fsp3) is 1.00. The van der Waals surface area contributed by atoms with Crippen LogP contribution in [0.1, 0.15) is 32.1 Å². The molecule has 6 heteroatoms. The van der Waals surface area contributed by atoms with Gasteiger partial charge >= 0.3 is 0 Å². The Morgan fingerprint density at radius 1 is 1.18 bits per heavy atom. The predicted molar refractivity (Wildman–Crippen MR) is 71.5 cm³/mol. The van der Waals surface area contributed by atoms with Gasteiger partial charge in [0.15, 0.2) is 0 Å². The predicted octanol–water partition coefficient (Wildman–Crippen LogP) is 1.91. The van der Waals surface area contributed by atoms with Gasteiger partial charge in [0.1, 0.15) is 0 Å². The minimum absolute atomic E-state index is 0.487. The highest BCUT2D eigenvalue weighted by atomic mass is 35.5. The molecule has 0 unspecified atom stereocenters. The summed E-state index contributed by atoms with van der Waals surface area (Å²) in [5.41, 5.74) is 0. The van der Waals surface area contributed by atoms with Crippen molar-refractivity contribution in [2.24, 2.45) is 5.92 Å². The highest BCUT2D eigenvalue weighted by molar-refractivity contribution is 7.86. The number of halogens is 1. The molecular formula is C11H23ClN2O2S. The van der Waals surface area contributed by atoms with Crippen molar-refractivity contribution in [3.63, 3.8) is 0 Å². The number of hydrogen-bond acceptors (Lipinski definition) is 2. The van der Waals surface area contributed by atoms with E-state index in [1.54, 1.807) is 14.1 Å². The maximum Gasteiger partial charge on any atom is 0.281 e. The normalized spacial score (nSPS) is 18.4. The lowest BCUT2D eigenvalue weighted by Crippen LogP contribution is -2.41. The SMILES string of the molecule is CN(CCCCl)S(=O)(=O)N(C)CC1CCCC1. The first-order valence-electron chi connectivity index (χ1n) is 6.22. The van der Waals surface area contributed by atoms with Gasteiger partial charge in [0.25, 0.3) is 10.2 Å². The molecule has 102 valence electrons. The Kier molecular flexibility index (Phi) is 6.20. The summed E-state index contributed by atoms with van der Waals surface area (Å²) in [4.78, 5) is 0. The van der Waals surface area contributed by atoms with Gasteiger partial charge in [0.05, 0.1) is 0 Å². The minimum atomic E-state index is -3.29. The number of alkyl halides is 1. The van der Waals surface area contributed by atoms with Crippen molar-refractivity contribution in [3.8, 4) is 0 Å². The second-order valence-electron chi connectivity index (χ2n) is 4.80. The summed E-state index contributed by atoms with van der Waals surface area (Å²) in [5.74, 6) is 1.03. The van der Waals surface area contributed by atoms with Gasteiger partial charge < -0.3 is 0 Å². The quantitative estimate of drug-likeness (QED) is 0.670. The van der Waals surface area contributed by atoms with E-state index in [-0.39, 0.29) is 0 Å². The molecule has 1 aliphatic rings. The molecule has 4 nitrogen and oxygen atoms in total. The molecule has 0 aliphatic heterocycles. The van der Waals surface area contributed by atoms with Gasteiger partial charge in [-0.1, -0.05) is 12.8 Å². The van der Waals surface area contributed by atoms with Crippen LogP contribution in [0.4, 0.5) is 0 Å². The molecule has 0 spiro atoms. The Balaban J connectivity index is 2.49. The zero-order chi connectivity index (χ0) is 12.9. The first-order valence-corrected chi connectivity index (χ1v) is 8.15. The molecule has 0 aromatic heterocycles. The molecule has 0 bridgehead atoms. The zero-order valence-electron chi connectivity index (χ0n) is 10.7. The van der Waals surface area contributed by atoms with Crippen molar-refractivity contribution in [3.05, 3.63) is 0 Å². The minimum Gasteiger partial charge on any atom is -0.195 e. The molecule has 0 heterocycles. The Labute approximate surface area is 110 Å². The smallest absolute Gasteiger partial charge is 0.195 e. The Bertz CT molecular complexity index is 315. The molecule has 17 heavy (non-hydrogen) atoms. The molecule has 0 N–H and O–H groups in total. The van der Waals surface area contributed by atoms with Gasteiger partial charge in [-0.25, -0.2) is 0 Å². The van der Waals surface area contributed by atoms with Crippen LogP contribution in [-0.2, 0) is 10.2 Å². The summed E-state index contributed by atoms with van der Waals surface area (Å²) >= 11 is 5.58. The zero-order valence-corrected chi connectivity index (χ0v) is 12.3. The molecule has 1 rings (SSSR count). The van der Waals surface area contributed by atoms with E-state index in [0.29, 0.717) is 31.3 Å². The topological polar surface area (TPSA) is 40.6 Å². The molecule has 0 saturated heterocycles. The van der Waals surface area contributed by atoms with Crippen LogP contribution >= 0.6 is 11.6 Å². The molecule has 0 radical (unpaired) electrons. The molecular weight excluding hydrogens is 260 g/mol. The maximum absolute atomic E-state index is 12.1. The lowest BCUT2D eigenvalue weighted by Gasteiger charge is -2.26. The van der Waals surface area contributed by atoms with Crippen LogP contribution in [0.15, 0.2) is 0 Å². The van der Waals surface area contributed by atoms with Gasteiger partial charge in [-0.05, 0) is 25.2 Å². The van der Waals surface area contributed by atoms with Crippen molar-refractivity contribution in [2.45, 2.75) is 32.1 Å². The second kappa shape index (κ2) is 6.92. The monoisotopic (exact) mass is 282 g/mol. The molecule has 1 aliphatic carbocycles. The van der Waals surface area contributed by atoms with Crippen molar-refractivity contribution in [1.82, 2.24) is 8.61 Å². The average molecular weight is 283 g/mol. The van der Waals surface area contributed by atoms with E-state index in [2.05, 4.69) is 0 Å². The van der Waals surface area contributed by atoms with E-state index < -0.39 is 10.2 Å². The first kappa shape index (κ1) is 15.2. The summed E-state index contributed by atoms with van der Waals surface area (Å²) in [5, 5.41) is 0. The number of nitrogens with zero attached hydrogens (tertiary/aromatic N) is 2.